The van der Waals surface area contributed by atoms with Gasteiger partial charge in [0.15, 0.2) is 0 Å². The van der Waals surface area contributed by atoms with Gasteiger partial charge in [-0.2, -0.15) is 0 Å². The lowest BCUT2D eigenvalue weighted by Crippen LogP contribution is -2.25. The third kappa shape index (κ3) is 7.31. The Morgan fingerprint density at radius 1 is 1.21 bits per heavy atom. The number of likely N-dealkylation sites (tertiary alicyclic amines) is 1. The van der Waals surface area contributed by atoms with E-state index in [0.29, 0.717) is 5.92 Å². The first kappa shape index (κ1) is 18.1. The summed E-state index contributed by atoms with van der Waals surface area (Å²) in [4.78, 5) is 7.06. The van der Waals surface area contributed by atoms with Gasteiger partial charge in [0.1, 0.15) is 0 Å². The fraction of sp³-hybridized carbons (Fsp3) is 0.706. The highest BCUT2D eigenvalue weighted by atomic mass is 15.1. The van der Waals surface area contributed by atoms with Gasteiger partial charge in [0.05, 0.1) is 0 Å². The lowest BCUT2D eigenvalue weighted by molar-refractivity contribution is 0.387. The molecule has 1 fully saturated rings. The molecule has 0 atom stereocenters. The number of nitrogens with zero attached hydrogens (tertiary/aromatic N) is 2. The summed E-state index contributed by atoms with van der Waals surface area (Å²) in [7, 11) is 0. The fourth-order valence-electron chi connectivity index (χ4n) is 2.24. The van der Waals surface area contributed by atoms with Crippen molar-refractivity contribution >= 4 is 5.71 Å². The first-order valence-corrected chi connectivity index (χ1v) is 7.62. The summed E-state index contributed by atoms with van der Waals surface area (Å²) in [5, 5.41) is 0. The molecule has 19 heavy (non-hydrogen) atoms. The molecule has 1 aliphatic rings. The monoisotopic (exact) mass is 264 g/mol. The van der Waals surface area contributed by atoms with Gasteiger partial charge in [0.25, 0.3) is 0 Å². The first-order valence-electron chi connectivity index (χ1n) is 7.62. The molecule has 2 heteroatoms. The molecule has 0 amide bonds. The number of rotatable bonds is 5. The number of hydrogen-bond donors (Lipinski definition) is 0. The maximum absolute atomic E-state index is 4.58. The Hall–Kier alpha value is -0.890. The Bertz CT molecular complexity index is 318. The van der Waals surface area contributed by atoms with Gasteiger partial charge in [0, 0.05) is 18.5 Å². The van der Waals surface area contributed by atoms with E-state index < -0.39 is 0 Å². The second kappa shape index (κ2) is 9.96. The Morgan fingerprint density at radius 2 is 1.74 bits per heavy atom. The van der Waals surface area contributed by atoms with Crippen molar-refractivity contribution in [1.82, 2.24) is 4.90 Å². The van der Waals surface area contributed by atoms with E-state index in [1.165, 1.54) is 37.2 Å². The van der Waals surface area contributed by atoms with Crippen LogP contribution in [0.25, 0.3) is 0 Å². The molecule has 1 aliphatic heterocycles. The third-order valence-corrected chi connectivity index (χ3v) is 3.19. The SMILES string of the molecule is C=C(C)/C(=C\N=C(C)CN1CCCC1)C(C)C.CC. The number of allylic oxidation sites excluding steroid dienone is 2. The van der Waals surface area contributed by atoms with Crippen LogP contribution in [-0.2, 0) is 0 Å². The Balaban J connectivity index is 0.00000154. The zero-order valence-electron chi connectivity index (χ0n) is 13.8. The average molecular weight is 264 g/mol. The normalized spacial score (nSPS) is 17.4. The average Bonchev–Trinajstić information content (AvgIpc) is 2.83. The van der Waals surface area contributed by atoms with Gasteiger partial charge in [0.2, 0.25) is 0 Å². The molecule has 0 aromatic carbocycles. The van der Waals surface area contributed by atoms with Crippen molar-refractivity contribution in [3.8, 4) is 0 Å². The zero-order chi connectivity index (χ0) is 14.8. The van der Waals surface area contributed by atoms with Crippen LogP contribution in [0.3, 0.4) is 0 Å². The minimum absolute atomic E-state index is 0.496. The van der Waals surface area contributed by atoms with E-state index in [9.17, 15) is 0 Å². The summed E-state index contributed by atoms with van der Waals surface area (Å²) >= 11 is 0. The van der Waals surface area contributed by atoms with E-state index >= 15 is 0 Å². The largest absolute Gasteiger partial charge is 0.298 e. The minimum Gasteiger partial charge on any atom is -0.298 e. The van der Waals surface area contributed by atoms with Crippen LogP contribution in [0.1, 0.15) is 54.4 Å². The molecule has 0 spiro atoms. The standard InChI is InChI=1S/C15H26N2.C2H6/c1-12(2)15(13(3)4)10-16-14(5)11-17-8-6-7-9-17;1-2/h10,13H,1,6-9,11H2,2-5H3;1-2H3/b15-10+,16-14?;. The van der Waals surface area contributed by atoms with E-state index in [1.807, 2.05) is 20.0 Å². The van der Waals surface area contributed by atoms with Crippen LogP contribution >= 0.6 is 0 Å². The van der Waals surface area contributed by atoms with E-state index in [2.05, 4.69) is 44.2 Å². The van der Waals surface area contributed by atoms with Gasteiger partial charge < -0.3 is 0 Å². The van der Waals surface area contributed by atoms with Gasteiger partial charge in [-0.25, -0.2) is 0 Å². The van der Waals surface area contributed by atoms with Crippen molar-refractivity contribution in [1.29, 1.82) is 0 Å². The van der Waals surface area contributed by atoms with Gasteiger partial charge in [-0.3, -0.25) is 9.89 Å². The van der Waals surface area contributed by atoms with Crippen LogP contribution in [0, 0.1) is 5.92 Å². The molecule has 1 rings (SSSR count). The summed E-state index contributed by atoms with van der Waals surface area (Å²) in [6, 6.07) is 0. The molecule has 0 saturated carbocycles. The maximum Gasteiger partial charge on any atom is 0.0365 e. The highest BCUT2D eigenvalue weighted by molar-refractivity contribution is 5.84. The summed E-state index contributed by atoms with van der Waals surface area (Å²) in [6.07, 6.45) is 4.68. The molecule has 0 bridgehead atoms. The van der Waals surface area contributed by atoms with Crippen molar-refractivity contribution in [2.24, 2.45) is 10.9 Å². The Labute approximate surface area is 120 Å². The van der Waals surface area contributed by atoms with E-state index in [1.54, 1.807) is 0 Å². The van der Waals surface area contributed by atoms with E-state index in [-0.39, 0.29) is 0 Å². The van der Waals surface area contributed by atoms with Crippen LogP contribution < -0.4 is 0 Å². The predicted octanol–water partition coefficient (Wildman–Crippen LogP) is 4.69. The highest BCUT2D eigenvalue weighted by Gasteiger charge is 2.11. The molecule has 2 nitrogen and oxygen atoms in total. The van der Waals surface area contributed by atoms with Gasteiger partial charge in [-0.15, -0.1) is 0 Å². The fourth-order valence-corrected chi connectivity index (χ4v) is 2.24. The van der Waals surface area contributed by atoms with E-state index in [4.69, 9.17) is 0 Å². The van der Waals surface area contributed by atoms with Crippen molar-refractivity contribution in [3.63, 3.8) is 0 Å². The molecule has 0 radical (unpaired) electrons. The summed E-state index contributed by atoms with van der Waals surface area (Å²) in [6.45, 7) is 20.0. The maximum atomic E-state index is 4.58. The van der Waals surface area contributed by atoms with Crippen molar-refractivity contribution in [2.45, 2.75) is 54.4 Å². The molecule has 0 N–H and O–H groups in total. The van der Waals surface area contributed by atoms with Crippen LogP contribution in [0.5, 0.6) is 0 Å². The van der Waals surface area contributed by atoms with Crippen molar-refractivity contribution in [2.75, 3.05) is 19.6 Å². The lowest BCUT2D eigenvalue weighted by Gasteiger charge is -2.14. The molecule has 1 saturated heterocycles. The van der Waals surface area contributed by atoms with Gasteiger partial charge in [-0.05, 0) is 51.3 Å². The predicted molar refractivity (Wildman–Crippen MR) is 87.9 cm³/mol. The molecule has 110 valence electrons. The molecular formula is C17H32N2. The second-order valence-electron chi connectivity index (χ2n) is 5.37. The number of hydrogen-bond acceptors (Lipinski definition) is 2. The van der Waals surface area contributed by atoms with Crippen LogP contribution in [0.2, 0.25) is 0 Å². The molecule has 1 heterocycles. The quantitative estimate of drug-likeness (QED) is 0.520. The summed E-state index contributed by atoms with van der Waals surface area (Å²) in [5.74, 6) is 0.496. The van der Waals surface area contributed by atoms with Crippen molar-refractivity contribution < 1.29 is 0 Å². The van der Waals surface area contributed by atoms with Gasteiger partial charge in [-0.1, -0.05) is 39.8 Å². The highest BCUT2D eigenvalue weighted by Crippen LogP contribution is 2.17. The molecular weight excluding hydrogens is 232 g/mol. The smallest absolute Gasteiger partial charge is 0.0365 e. The molecule has 0 aromatic rings. The second-order valence-corrected chi connectivity index (χ2v) is 5.37. The first-order chi connectivity index (χ1) is 9.00. The van der Waals surface area contributed by atoms with Crippen LogP contribution in [-0.4, -0.2) is 30.2 Å². The van der Waals surface area contributed by atoms with E-state index in [0.717, 1.165) is 12.1 Å². The van der Waals surface area contributed by atoms with Crippen LogP contribution in [0.4, 0.5) is 0 Å². The summed E-state index contributed by atoms with van der Waals surface area (Å²) < 4.78 is 0. The van der Waals surface area contributed by atoms with Gasteiger partial charge >= 0.3 is 0 Å². The minimum atomic E-state index is 0.496. The lowest BCUT2D eigenvalue weighted by atomic mass is 9.99. The third-order valence-electron chi connectivity index (χ3n) is 3.19. The zero-order valence-corrected chi connectivity index (χ0v) is 13.8. The Morgan fingerprint density at radius 3 is 2.16 bits per heavy atom. The van der Waals surface area contributed by atoms with Crippen LogP contribution in [0.15, 0.2) is 28.9 Å². The Kier molecular flexibility index (Phi) is 9.50. The molecule has 0 aromatic heterocycles. The summed E-state index contributed by atoms with van der Waals surface area (Å²) in [5.41, 5.74) is 3.58. The van der Waals surface area contributed by atoms with Crippen molar-refractivity contribution in [3.05, 3.63) is 23.9 Å². The molecule has 0 aliphatic carbocycles. The number of aliphatic imine (C=N–C) groups is 1. The topological polar surface area (TPSA) is 15.6 Å². The molecule has 0 unspecified atom stereocenters.